The van der Waals surface area contributed by atoms with Gasteiger partial charge in [-0.15, -0.1) is 0 Å². The van der Waals surface area contributed by atoms with Crippen molar-refractivity contribution in [3.8, 4) is 5.82 Å². The van der Waals surface area contributed by atoms with Crippen molar-refractivity contribution in [3.05, 3.63) is 65.9 Å². The van der Waals surface area contributed by atoms with Gasteiger partial charge in [-0.05, 0) is 52.3 Å². The summed E-state index contributed by atoms with van der Waals surface area (Å²) >= 11 is 0. The second-order valence-electron chi connectivity index (χ2n) is 8.94. The highest BCUT2D eigenvalue weighted by molar-refractivity contribution is 6.62. The van der Waals surface area contributed by atoms with Gasteiger partial charge < -0.3 is 14.6 Å². The molecule has 0 aromatic carbocycles. The molecule has 33 heavy (non-hydrogen) atoms. The smallest absolute Gasteiger partial charge is 0.399 e. The van der Waals surface area contributed by atoms with Crippen LogP contribution in [0.1, 0.15) is 56.7 Å². The summed E-state index contributed by atoms with van der Waals surface area (Å²) in [6.45, 7) is 9.33. The molecule has 4 rings (SSSR count). The molecular weight excluding hydrogens is 431 g/mol. The molecule has 11 heteroatoms. The van der Waals surface area contributed by atoms with Gasteiger partial charge in [0.1, 0.15) is 0 Å². The van der Waals surface area contributed by atoms with E-state index in [9.17, 15) is 13.6 Å². The summed E-state index contributed by atoms with van der Waals surface area (Å²) in [4.78, 5) is 20.9. The van der Waals surface area contributed by atoms with Crippen LogP contribution in [0, 0.1) is 11.6 Å². The van der Waals surface area contributed by atoms with Crippen LogP contribution in [-0.2, 0) is 9.31 Å². The molecule has 0 bridgehead atoms. The van der Waals surface area contributed by atoms with Crippen molar-refractivity contribution in [3.63, 3.8) is 0 Å². The summed E-state index contributed by atoms with van der Waals surface area (Å²) in [5.41, 5.74) is -0.415. The highest BCUT2D eigenvalue weighted by atomic mass is 19.1. The Morgan fingerprint density at radius 1 is 1.09 bits per heavy atom. The van der Waals surface area contributed by atoms with Crippen LogP contribution >= 0.6 is 0 Å². The van der Waals surface area contributed by atoms with E-state index in [0.717, 1.165) is 6.20 Å². The minimum absolute atomic E-state index is 0.335. The van der Waals surface area contributed by atoms with Crippen molar-refractivity contribution in [2.75, 3.05) is 0 Å². The maximum atomic E-state index is 14.7. The first kappa shape index (κ1) is 23.0. The predicted molar refractivity (Wildman–Crippen MR) is 117 cm³/mol. The van der Waals surface area contributed by atoms with E-state index in [1.54, 1.807) is 19.1 Å². The third kappa shape index (κ3) is 4.51. The molecule has 1 atom stereocenters. The Morgan fingerprint density at radius 3 is 2.33 bits per heavy atom. The molecule has 172 valence electrons. The van der Waals surface area contributed by atoms with Gasteiger partial charge in [-0.2, -0.15) is 5.10 Å². The summed E-state index contributed by atoms with van der Waals surface area (Å²) in [7, 11) is -0.777. The Labute approximate surface area is 190 Å². The van der Waals surface area contributed by atoms with Crippen molar-refractivity contribution in [2.45, 2.75) is 51.9 Å². The van der Waals surface area contributed by atoms with E-state index in [-0.39, 0.29) is 5.69 Å². The normalized spacial score (nSPS) is 17.7. The first-order valence-electron chi connectivity index (χ1n) is 10.5. The van der Waals surface area contributed by atoms with Crippen LogP contribution in [0.4, 0.5) is 8.78 Å². The molecule has 0 aliphatic carbocycles. The number of rotatable bonds is 5. The summed E-state index contributed by atoms with van der Waals surface area (Å²) in [6, 6.07) is 4.09. The number of nitrogens with one attached hydrogen (secondary N) is 1. The third-order valence-corrected chi connectivity index (χ3v) is 6.01. The van der Waals surface area contributed by atoms with Gasteiger partial charge >= 0.3 is 7.12 Å². The Balaban J connectivity index is 1.44. The van der Waals surface area contributed by atoms with Crippen molar-refractivity contribution in [1.29, 1.82) is 0 Å². The third-order valence-electron chi connectivity index (χ3n) is 6.01. The SMILES string of the molecule is CC(NC(=O)c1ncc(B2OC(C)(C)C(C)(C)O2)cc1F)c1ccc(-n2cc(F)cn2)nc1. The fourth-order valence-electron chi connectivity index (χ4n) is 3.29. The number of carbonyl (C=O) groups excluding carboxylic acids is 1. The van der Waals surface area contributed by atoms with E-state index in [4.69, 9.17) is 9.31 Å². The minimum atomic E-state index is -0.777. The van der Waals surface area contributed by atoms with Gasteiger partial charge in [-0.3, -0.25) is 4.79 Å². The average molecular weight is 455 g/mol. The van der Waals surface area contributed by atoms with E-state index in [1.165, 1.54) is 29.3 Å². The topological polar surface area (TPSA) is 91.2 Å². The lowest BCUT2D eigenvalue weighted by molar-refractivity contribution is 0.00578. The fraction of sp³-hybridized carbons (Fsp3) is 0.364. The highest BCUT2D eigenvalue weighted by Crippen LogP contribution is 2.36. The Bertz CT molecular complexity index is 1170. The van der Waals surface area contributed by atoms with Gasteiger partial charge in [-0.1, -0.05) is 6.07 Å². The maximum absolute atomic E-state index is 14.7. The number of hydrogen-bond donors (Lipinski definition) is 1. The Hall–Kier alpha value is -3.18. The largest absolute Gasteiger partial charge is 0.496 e. The Kier molecular flexibility index (Phi) is 5.79. The van der Waals surface area contributed by atoms with E-state index < -0.39 is 41.9 Å². The zero-order valence-electron chi connectivity index (χ0n) is 19.0. The summed E-state index contributed by atoms with van der Waals surface area (Å²) in [5.74, 6) is -1.49. The molecule has 8 nitrogen and oxygen atoms in total. The standard InChI is InChI=1S/C22H24BF2N5O3/c1-13(14-6-7-18(26-9-14)30-12-16(24)11-28-30)29-20(31)19-17(25)8-15(10-27-19)23-32-21(2,3)22(4,5)33-23/h6-13H,1-5H3,(H,29,31). The van der Waals surface area contributed by atoms with Gasteiger partial charge in [-0.25, -0.2) is 23.4 Å². The molecule has 0 spiro atoms. The van der Waals surface area contributed by atoms with Crippen molar-refractivity contribution in [1.82, 2.24) is 25.1 Å². The van der Waals surface area contributed by atoms with Crippen LogP contribution in [0.15, 0.2) is 43.0 Å². The molecule has 0 saturated carbocycles. The van der Waals surface area contributed by atoms with E-state index >= 15 is 0 Å². The van der Waals surface area contributed by atoms with Crippen molar-refractivity contribution in [2.24, 2.45) is 0 Å². The zero-order chi connectivity index (χ0) is 24.0. The second kappa shape index (κ2) is 8.31. The van der Waals surface area contributed by atoms with Crippen LogP contribution in [0.3, 0.4) is 0 Å². The first-order valence-corrected chi connectivity index (χ1v) is 10.5. The molecule has 1 N–H and O–H groups in total. The second-order valence-corrected chi connectivity index (χ2v) is 8.94. The molecule has 3 aromatic heterocycles. The molecule has 4 heterocycles. The highest BCUT2D eigenvalue weighted by Gasteiger charge is 2.52. The van der Waals surface area contributed by atoms with Crippen molar-refractivity contribution >= 4 is 18.5 Å². The van der Waals surface area contributed by atoms with Gasteiger partial charge in [0.05, 0.1) is 29.6 Å². The Morgan fingerprint density at radius 2 is 1.79 bits per heavy atom. The number of aromatic nitrogens is 4. The molecular formula is C22H24BF2N5O3. The average Bonchev–Trinajstić information content (AvgIpc) is 3.27. The molecule has 3 aromatic rings. The molecule has 1 aliphatic heterocycles. The molecule has 1 fully saturated rings. The van der Waals surface area contributed by atoms with E-state index in [0.29, 0.717) is 16.8 Å². The van der Waals surface area contributed by atoms with Crippen LogP contribution < -0.4 is 10.8 Å². The summed E-state index contributed by atoms with van der Waals surface area (Å²) < 4.78 is 41.0. The van der Waals surface area contributed by atoms with Crippen LogP contribution in [0.5, 0.6) is 0 Å². The number of carbonyl (C=O) groups is 1. The van der Waals surface area contributed by atoms with E-state index in [2.05, 4.69) is 20.4 Å². The number of halogens is 2. The maximum Gasteiger partial charge on any atom is 0.496 e. The number of amides is 1. The van der Waals surface area contributed by atoms with Crippen molar-refractivity contribution < 1.29 is 22.9 Å². The van der Waals surface area contributed by atoms with E-state index in [1.807, 2.05) is 27.7 Å². The quantitative estimate of drug-likeness (QED) is 0.596. The summed E-state index contributed by atoms with van der Waals surface area (Å²) in [5, 5.41) is 6.56. The fourth-order valence-corrected chi connectivity index (χ4v) is 3.29. The lowest BCUT2D eigenvalue weighted by Crippen LogP contribution is -2.41. The van der Waals surface area contributed by atoms with Crippen LogP contribution in [-0.4, -0.2) is 44.0 Å². The molecule has 1 saturated heterocycles. The lowest BCUT2D eigenvalue weighted by Gasteiger charge is -2.32. The molecule has 1 unspecified atom stereocenters. The zero-order valence-corrected chi connectivity index (χ0v) is 19.0. The molecule has 1 amide bonds. The van der Waals surface area contributed by atoms with Gasteiger partial charge in [0, 0.05) is 17.9 Å². The number of pyridine rings is 2. The summed E-state index contributed by atoms with van der Waals surface area (Å²) in [6.07, 6.45) is 5.20. The van der Waals surface area contributed by atoms with Crippen LogP contribution in [0.25, 0.3) is 5.82 Å². The monoisotopic (exact) mass is 455 g/mol. The number of nitrogens with zero attached hydrogens (tertiary/aromatic N) is 4. The molecule has 0 radical (unpaired) electrons. The minimum Gasteiger partial charge on any atom is -0.399 e. The lowest BCUT2D eigenvalue weighted by atomic mass is 9.80. The van der Waals surface area contributed by atoms with Gasteiger partial charge in [0.15, 0.2) is 23.1 Å². The van der Waals surface area contributed by atoms with Gasteiger partial charge in [0.2, 0.25) is 0 Å². The predicted octanol–water partition coefficient (Wildman–Crippen LogP) is 2.73. The van der Waals surface area contributed by atoms with Crippen LogP contribution in [0.2, 0.25) is 0 Å². The number of hydrogen-bond acceptors (Lipinski definition) is 6. The first-order chi connectivity index (χ1) is 15.5. The van der Waals surface area contributed by atoms with Gasteiger partial charge in [0.25, 0.3) is 5.91 Å². The molecule has 1 aliphatic rings.